The highest BCUT2D eigenvalue weighted by atomic mass is 35.5. The monoisotopic (exact) mass is 376 g/mol. The number of hydrogen-bond donors (Lipinski definition) is 2. The van der Waals surface area contributed by atoms with Gasteiger partial charge in [0, 0.05) is 17.5 Å². The van der Waals surface area contributed by atoms with Crippen LogP contribution in [0.2, 0.25) is 5.02 Å². The molecule has 1 aliphatic rings. The Morgan fingerprint density at radius 3 is 2.52 bits per heavy atom. The van der Waals surface area contributed by atoms with Gasteiger partial charge in [0.2, 0.25) is 11.8 Å². The van der Waals surface area contributed by atoms with Crippen molar-refractivity contribution < 1.29 is 9.59 Å². The van der Waals surface area contributed by atoms with E-state index in [9.17, 15) is 9.59 Å². The molecule has 2 amide bonds. The Labute approximate surface area is 154 Å². The first-order chi connectivity index (χ1) is 12.1. The van der Waals surface area contributed by atoms with Crippen LogP contribution in [0.25, 0.3) is 0 Å². The summed E-state index contributed by atoms with van der Waals surface area (Å²) < 4.78 is 0. The number of halogens is 1. The van der Waals surface area contributed by atoms with E-state index < -0.39 is 0 Å². The molecule has 0 bridgehead atoms. The van der Waals surface area contributed by atoms with Crippen molar-refractivity contribution in [1.82, 2.24) is 15.5 Å². The highest BCUT2D eigenvalue weighted by Gasteiger charge is 2.29. The number of amides is 2. The molecule has 2 aromatic rings. The molecule has 0 atom stereocenters. The Hall–Kier alpha value is -2.12. The summed E-state index contributed by atoms with van der Waals surface area (Å²) in [7, 11) is 0. The minimum absolute atomic E-state index is 0.00344. The number of nitrogens with one attached hydrogen (secondary N) is 2. The lowest BCUT2D eigenvalue weighted by molar-refractivity contribution is -0.119. The van der Waals surface area contributed by atoms with E-state index in [-0.39, 0.29) is 23.5 Å². The highest BCUT2D eigenvalue weighted by Crippen LogP contribution is 2.29. The Balaban J connectivity index is 1.40. The van der Waals surface area contributed by atoms with Gasteiger partial charge in [-0.25, -0.2) is 0 Å². The predicted octanol–water partition coefficient (Wildman–Crippen LogP) is 2.89. The summed E-state index contributed by atoms with van der Waals surface area (Å²) in [6, 6.07) is 10.8. The van der Waals surface area contributed by atoms with Crippen molar-refractivity contribution in [3.8, 4) is 0 Å². The van der Waals surface area contributed by atoms with Crippen molar-refractivity contribution >= 4 is 41.0 Å². The maximum absolute atomic E-state index is 11.9. The van der Waals surface area contributed by atoms with Crippen LogP contribution in [0, 0.1) is 5.92 Å². The lowest BCUT2D eigenvalue weighted by Gasteiger charge is -2.06. The van der Waals surface area contributed by atoms with Crippen LogP contribution in [0.3, 0.4) is 0 Å². The second kappa shape index (κ2) is 8.31. The quantitative estimate of drug-likeness (QED) is 0.726. The third-order valence-electron chi connectivity index (χ3n) is 3.59. The average Bonchev–Trinajstić information content (AvgIpc) is 3.46. The van der Waals surface area contributed by atoms with E-state index in [1.165, 1.54) is 11.8 Å². The smallest absolute Gasteiger partial charge is 0.230 e. The molecule has 6 nitrogen and oxygen atoms in total. The molecule has 1 saturated carbocycles. The maximum atomic E-state index is 11.9. The van der Waals surface area contributed by atoms with E-state index in [2.05, 4.69) is 20.8 Å². The van der Waals surface area contributed by atoms with Gasteiger partial charge in [0.25, 0.3) is 0 Å². The topological polar surface area (TPSA) is 84.0 Å². The molecular weight excluding hydrogens is 360 g/mol. The van der Waals surface area contributed by atoms with E-state index in [0.717, 1.165) is 18.4 Å². The molecule has 1 aromatic heterocycles. The molecule has 1 aromatic carbocycles. The Kier molecular flexibility index (Phi) is 5.88. The lowest BCUT2D eigenvalue weighted by atomic mass is 10.2. The molecule has 2 N–H and O–H groups in total. The first-order valence-electron chi connectivity index (χ1n) is 7.89. The van der Waals surface area contributed by atoms with Crippen molar-refractivity contribution in [2.75, 3.05) is 11.1 Å². The standard InChI is InChI=1S/C17H17ClN4O2S/c18-13-5-1-11(2-6-13)9-19-15(23)10-25-16-8-7-14(21-22-16)20-17(24)12-3-4-12/h1-2,5-8,12H,3-4,9-10H2,(H,19,23)(H,20,21,24). The average molecular weight is 377 g/mol. The van der Waals surface area contributed by atoms with E-state index in [1.54, 1.807) is 24.3 Å². The van der Waals surface area contributed by atoms with Crippen LogP contribution >= 0.6 is 23.4 Å². The lowest BCUT2D eigenvalue weighted by Crippen LogP contribution is -2.24. The number of carbonyl (C=O) groups is 2. The van der Waals surface area contributed by atoms with E-state index >= 15 is 0 Å². The van der Waals surface area contributed by atoms with Crippen LogP contribution in [0.5, 0.6) is 0 Å². The van der Waals surface area contributed by atoms with Gasteiger partial charge in [-0.05, 0) is 42.7 Å². The van der Waals surface area contributed by atoms with Crippen LogP contribution in [0.15, 0.2) is 41.4 Å². The van der Waals surface area contributed by atoms with Gasteiger partial charge in [-0.1, -0.05) is 35.5 Å². The number of hydrogen-bond acceptors (Lipinski definition) is 5. The number of thioether (sulfide) groups is 1. The number of rotatable bonds is 7. The summed E-state index contributed by atoms with van der Waals surface area (Å²) in [5.41, 5.74) is 0.985. The van der Waals surface area contributed by atoms with Crippen LogP contribution in [0.1, 0.15) is 18.4 Å². The Morgan fingerprint density at radius 1 is 1.12 bits per heavy atom. The first kappa shape index (κ1) is 17.7. The summed E-state index contributed by atoms with van der Waals surface area (Å²) in [6.45, 7) is 0.453. The summed E-state index contributed by atoms with van der Waals surface area (Å²) in [5.74, 6) is 0.716. The molecule has 1 fully saturated rings. The SMILES string of the molecule is O=C(CSc1ccc(NC(=O)C2CC2)nn1)NCc1ccc(Cl)cc1. The summed E-state index contributed by atoms with van der Waals surface area (Å²) in [4.78, 5) is 23.5. The van der Waals surface area contributed by atoms with Gasteiger partial charge in [0.05, 0.1) is 5.75 Å². The van der Waals surface area contributed by atoms with Crippen molar-refractivity contribution in [2.24, 2.45) is 5.92 Å². The van der Waals surface area contributed by atoms with Crippen molar-refractivity contribution in [3.05, 3.63) is 47.0 Å². The molecule has 0 radical (unpaired) electrons. The molecule has 1 heterocycles. The van der Waals surface area contributed by atoms with Crippen LogP contribution in [0.4, 0.5) is 5.82 Å². The van der Waals surface area contributed by atoms with Crippen LogP contribution in [-0.4, -0.2) is 27.8 Å². The number of benzene rings is 1. The van der Waals surface area contributed by atoms with E-state index in [4.69, 9.17) is 11.6 Å². The van der Waals surface area contributed by atoms with Crippen molar-refractivity contribution in [3.63, 3.8) is 0 Å². The number of aromatic nitrogens is 2. The van der Waals surface area contributed by atoms with E-state index in [1.807, 2.05) is 12.1 Å². The molecule has 8 heteroatoms. The molecule has 0 unspecified atom stereocenters. The number of anilines is 1. The second-order valence-corrected chi connectivity index (χ2v) is 7.14. The van der Waals surface area contributed by atoms with Gasteiger partial charge in [-0.15, -0.1) is 10.2 Å². The minimum atomic E-state index is -0.0899. The van der Waals surface area contributed by atoms with Gasteiger partial charge >= 0.3 is 0 Å². The summed E-state index contributed by atoms with van der Waals surface area (Å²) in [5, 5.41) is 14.8. The number of nitrogens with zero attached hydrogens (tertiary/aromatic N) is 2. The molecule has 0 aliphatic heterocycles. The van der Waals surface area contributed by atoms with Gasteiger partial charge in [-0.3, -0.25) is 9.59 Å². The third-order valence-corrected chi connectivity index (χ3v) is 4.77. The van der Waals surface area contributed by atoms with Crippen LogP contribution in [-0.2, 0) is 16.1 Å². The zero-order chi connectivity index (χ0) is 17.6. The van der Waals surface area contributed by atoms with Gasteiger partial charge in [-0.2, -0.15) is 0 Å². The fourth-order valence-electron chi connectivity index (χ4n) is 2.03. The molecule has 1 aliphatic carbocycles. The molecule has 25 heavy (non-hydrogen) atoms. The summed E-state index contributed by atoms with van der Waals surface area (Å²) >= 11 is 7.12. The molecular formula is C17H17ClN4O2S. The fourth-order valence-corrected chi connectivity index (χ4v) is 2.80. The fraction of sp³-hybridized carbons (Fsp3) is 0.294. The first-order valence-corrected chi connectivity index (χ1v) is 9.25. The molecule has 3 rings (SSSR count). The normalized spacial score (nSPS) is 13.3. The predicted molar refractivity (Wildman–Crippen MR) is 97.4 cm³/mol. The molecule has 0 saturated heterocycles. The summed E-state index contributed by atoms with van der Waals surface area (Å²) in [6.07, 6.45) is 1.89. The Morgan fingerprint density at radius 2 is 1.88 bits per heavy atom. The minimum Gasteiger partial charge on any atom is -0.351 e. The maximum Gasteiger partial charge on any atom is 0.230 e. The van der Waals surface area contributed by atoms with Gasteiger partial charge in [0.15, 0.2) is 5.82 Å². The van der Waals surface area contributed by atoms with Crippen molar-refractivity contribution in [1.29, 1.82) is 0 Å². The van der Waals surface area contributed by atoms with Crippen molar-refractivity contribution in [2.45, 2.75) is 24.4 Å². The Bertz CT molecular complexity index is 748. The zero-order valence-corrected chi connectivity index (χ0v) is 14.9. The molecule has 130 valence electrons. The van der Waals surface area contributed by atoms with Gasteiger partial charge < -0.3 is 10.6 Å². The second-order valence-electron chi connectivity index (χ2n) is 5.71. The zero-order valence-electron chi connectivity index (χ0n) is 13.4. The highest BCUT2D eigenvalue weighted by molar-refractivity contribution is 7.99. The van der Waals surface area contributed by atoms with Crippen LogP contribution < -0.4 is 10.6 Å². The third kappa shape index (κ3) is 5.72. The number of carbonyl (C=O) groups excluding carboxylic acids is 2. The molecule has 0 spiro atoms. The van der Waals surface area contributed by atoms with E-state index in [0.29, 0.717) is 22.4 Å². The van der Waals surface area contributed by atoms with Gasteiger partial charge in [0.1, 0.15) is 5.03 Å². The largest absolute Gasteiger partial charge is 0.351 e.